The molecule has 0 aliphatic carbocycles. The lowest BCUT2D eigenvalue weighted by Gasteiger charge is -2.24. The van der Waals surface area contributed by atoms with E-state index in [1.54, 1.807) is 0 Å². The molecule has 1 unspecified atom stereocenters. The molecule has 1 atom stereocenters. The van der Waals surface area contributed by atoms with E-state index < -0.39 is 0 Å². The monoisotopic (exact) mass is 247 g/mol. The van der Waals surface area contributed by atoms with Gasteiger partial charge in [0.1, 0.15) is 0 Å². The molecule has 2 rings (SSSR count). The first kappa shape index (κ1) is 13.6. The van der Waals surface area contributed by atoms with Gasteiger partial charge >= 0.3 is 0 Å². The molecule has 1 aliphatic heterocycles. The van der Waals surface area contributed by atoms with Crippen LogP contribution in [0.3, 0.4) is 0 Å². The van der Waals surface area contributed by atoms with Gasteiger partial charge in [-0.15, -0.1) is 0 Å². The number of rotatable bonds is 4. The van der Waals surface area contributed by atoms with Crippen molar-refractivity contribution in [3.63, 3.8) is 0 Å². The molecule has 2 heteroatoms. The van der Waals surface area contributed by atoms with E-state index in [9.17, 15) is 0 Å². The zero-order valence-corrected chi connectivity index (χ0v) is 12.1. The summed E-state index contributed by atoms with van der Waals surface area (Å²) in [7, 11) is 0. The van der Waals surface area contributed by atoms with E-state index in [2.05, 4.69) is 45.1 Å². The van der Waals surface area contributed by atoms with Gasteiger partial charge in [-0.05, 0) is 62.8 Å². The average molecular weight is 247 g/mol. The van der Waals surface area contributed by atoms with Crippen LogP contribution in [0, 0.1) is 20.8 Å². The van der Waals surface area contributed by atoms with Crippen LogP contribution < -0.4 is 5.32 Å². The third-order valence-corrected chi connectivity index (χ3v) is 4.07. The summed E-state index contributed by atoms with van der Waals surface area (Å²) >= 11 is 0. The van der Waals surface area contributed by atoms with Gasteiger partial charge in [0.05, 0.1) is 5.60 Å². The highest BCUT2D eigenvalue weighted by Crippen LogP contribution is 2.24. The minimum absolute atomic E-state index is 0.0493. The second-order valence-corrected chi connectivity index (χ2v) is 5.87. The molecular weight excluding hydrogens is 222 g/mol. The van der Waals surface area contributed by atoms with Crippen LogP contribution in [-0.4, -0.2) is 18.8 Å². The summed E-state index contributed by atoms with van der Waals surface area (Å²) in [5.41, 5.74) is 5.58. The van der Waals surface area contributed by atoms with Gasteiger partial charge in [-0.1, -0.05) is 12.1 Å². The van der Waals surface area contributed by atoms with Crippen molar-refractivity contribution < 1.29 is 4.74 Å². The van der Waals surface area contributed by atoms with E-state index in [0.29, 0.717) is 0 Å². The van der Waals surface area contributed by atoms with E-state index in [0.717, 1.165) is 19.7 Å². The molecule has 0 aromatic heterocycles. The molecule has 0 radical (unpaired) electrons. The van der Waals surface area contributed by atoms with Crippen LogP contribution in [0.15, 0.2) is 12.1 Å². The Morgan fingerprint density at radius 3 is 2.56 bits per heavy atom. The maximum atomic E-state index is 5.79. The average Bonchev–Trinajstić information content (AvgIpc) is 2.73. The SMILES string of the molecule is Cc1cc(C)c(CNCC2(C)CCCO2)cc1C. The summed E-state index contributed by atoms with van der Waals surface area (Å²) in [5, 5.41) is 3.55. The maximum absolute atomic E-state index is 5.79. The molecule has 2 nitrogen and oxygen atoms in total. The highest BCUT2D eigenvalue weighted by atomic mass is 16.5. The molecule has 1 saturated heterocycles. The van der Waals surface area contributed by atoms with Crippen LogP contribution in [0.5, 0.6) is 0 Å². The highest BCUT2D eigenvalue weighted by Gasteiger charge is 2.28. The van der Waals surface area contributed by atoms with Crippen molar-refractivity contribution >= 4 is 0 Å². The lowest BCUT2D eigenvalue weighted by Crippen LogP contribution is -2.36. The molecule has 1 aromatic carbocycles. The van der Waals surface area contributed by atoms with Crippen LogP contribution in [0.4, 0.5) is 0 Å². The Balaban J connectivity index is 1.92. The third-order valence-electron chi connectivity index (χ3n) is 4.07. The number of hydrogen-bond acceptors (Lipinski definition) is 2. The highest BCUT2D eigenvalue weighted by molar-refractivity contribution is 5.36. The topological polar surface area (TPSA) is 21.3 Å². The van der Waals surface area contributed by atoms with Gasteiger partial charge in [-0.3, -0.25) is 0 Å². The Bertz CT molecular complexity index is 419. The van der Waals surface area contributed by atoms with Crippen molar-refractivity contribution in [1.82, 2.24) is 5.32 Å². The fourth-order valence-corrected chi connectivity index (χ4v) is 2.65. The Morgan fingerprint density at radius 2 is 1.89 bits per heavy atom. The van der Waals surface area contributed by atoms with Crippen molar-refractivity contribution in [2.45, 2.75) is 52.7 Å². The van der Waals surface area contributed by atoms with E-state index in [4.69, 9.17) is 4.74 Å². The first-order valence-electron chi connectivity index (χ1n) is 6.92. The Hall–Kier alpha value is -0.860. The van der Waals surface area contributed by atoms with Crippen molar-refractivity contribution in [3.8, 4) is 0 Å². The van der Waals surface area contributed by atoms with Crippen LogP contribution in [-0.2, 0) is 11.3 Å². The van der Waals surface area contributed by atoms with Crippen LogP contribution in [0.1, 0.15) is 42.0 Å². The summed E-state index contributed by atoms with van der Waals surface area (Å²) in [4.78, 5) is 0. The predicted molar refractivity (Wildman–Crippen MR) is 76.0 cm³/mol. The zero-order chi connectivity index (χ0) is 13.2. The molecule has 1 fully saturated rings. The van der Waals surface area contributed by atoms with Gasteiger partial charge in [0.25, 0.3) is 0 Å². The lowest BCUT2D eigenvalue weighted by molar-refractivity contribution is 0.0206. The van der Waals surface area contributed by atoms with Gasteiger partial charge in [-0.25, -0.2) is 0 Å². The zero-order valence-electron chi connectivity index (χ0n) is 12.1. The third kappa shape index (κ3) is 3.12. The van der Waals surface area contributed by atoms with E-state index in [1.165, 1.54) is 35.1 Å². The summed E-state index contributed by atoms with van der Waals surface area (Å²) < 4.78 is 5.79. The van der Waals surface area contributed by atoms with Gasteiger partial charge in [-0.2, -0.15) is 0 Å². The van der Waals surface area contributed by atoms with Gasteiger partial charge in [0.15, 0.2) is 0 Å². The summed E-state index contributed by atoms with van der Waals surface area (Å²) in [5.74, 6) is 0. The number of hydrogen-bond donors (Lipinski definition) is 1. The number of aryl methyl sites for hydroxylation is 3. The number of ether oxygens (including phenoxy) is 1. The van der Waals surface area contributed by atoms with E-state index >= 15 is 0 Å². The molecule has 1 N–H and O–H groups in total. The Morgan fingerprint density at radius 1 is 1.17 bits per heavy atom. The molecule has 0 amide bonds. The van der Waals surface area contributed by atoms with Crippen molar-refractivity contribution in [2.24, 2.45) is 0 Å². The second-order valence-electron chi connectivity index (χ2n) is 5.87. The molecule has 1 aromatic rings. The van der Waals surface area contributed by atoms with E-state index in [-0.39, 0.29) is 5.60 Å². The normalized spacial score (nSPS) is 23.6. The molecule has 1 heterocycles. The molecule has 100 valence electrons. The summed E-state index contributed by atoms with van der Waals surface area (Å²) in [6.45, 7) is 11.6. The smallest absolute Gasteiger partial charge is 0.0779 e. The molecular formula is C16H25NO. The van der Waals surface area contributed by atoms with Gasteiger partial charge in [0, 0.05) is 19.7 Å². The predicted octanol–water partition coefficient (Wildman–Crippen LogP) is 3.27. The molecule has 0 saturated carbocycles. The van der Waals surface area contributed by atoms with Crippen molar-refractivity contribution in [1.29, 1.82) is 0 Å². The summed E-state index contributed by atoms with van der Waals surface area (Å²) in [6, 6.07) is 4.58. The first-order valence-corrected chi connectivity index (χ1v) is 6.92. The van der Waals surface area contributed by atoms with Crippen LogP contribution >= 0.6 is 0 Å². The molecule has 0 spiro atoms. The largest absolute Gasteiger partial charge is 0.374 e. The number of nitrogens with one attached hydrogen (secondary N) is 1. The number of benzene rings is 1. The van der Waals surface area contributed by atoms with Gasteiger partial charge < -0.3 is 10.1 Å². The minimum atomic E-state index is 0.0493. The second kappa shape index (κ2) is 5.41. The van der Waals surface area contributed by atoms with E-state index in [1.807, 2.05) is 0 Å². The van der Waals surface area contributed by atoms with Crippen molar-refractivity contribution in [2.75, 3.05) is 13.2 Å². The van der Waals surface area contributed by atoms with Crippen molar-refractivity contribution in [3.05, 3.63) is 34.4 Å². The first-order chi connectivity index (χ1) is 8.50. The van der Waals surface area contributed by atoms with Crippen LogP contribution in [0.25, 0.3) is 0 Å². The maximum Gasteiger partial charge on any atom is 0.0779 e. The fourth-order valence-electron chi connectivity index (χ4n) is 2.65. The Labute approximate surface area is 111 Å². The standard InChI is InChI=1S/C16H25NO/c1-12-8-14(3)15(9-13(12)2)10-17-11-16(4)6-5-7-18-16/h8-9,17H,5-7,10-11H2,1-4H3. The lowest BCUT2D eigenvalue weighted by atomic mass is 10.00. The fraction of sp³-hybridized carbons (Fsp3) is 0.625. The summed E-state index contributed by atoms with van der Waals surface area (Å²) in [6.07, 6.45) is 2.37. The van der Waals surface area contributed by atoms with Gasteiger partial charge in [0.2, 0.25) is 0 Å². The molecule has 18 heavy (non-hydrogen) atoms. The quantitative estimate of drug-likeness (QED) is 0.881. The molecule has 1 aliphatic rings. The molecule has 0 bridgehead atoms. The minimum Gasteiger partial charge on any atom is -0.374 e. The van der Waals surface area contributed by atoms with Crippen LogP contribution in [0.2, 0.25) is 0 Å². The Kier molecular flexibility index (Phi) is 4.08.